The van der Waals surface area contributed by atoms with Gasteiger partial charge in [0, 0.05) is 13.1 Å². The predicted octanol–water partition coefficient (Wildman–Crippen LogP) is 0.124. The van der Waals surface area contributed by atoms with Gasteiger partial charge >= 0.3 is 5.97 Å². The van der Waals surface area contributed by atoms with Crippen LogP contribution in [0.25, 0.3) is 0 Å². The quantitative estimate of drug-likeness (QED) is 0.815. The molecule has 2 heterocycles. The Labute approximate surface area is 121 Å². The third kappa shape index (κ3) is 3.24. The molecule has 1 fully saturated rings. The first-order valence-corrected chi connectivity index (χ1v) is 7.89. The second kappa shape index (κ2) is 5.86. The Kier molecular flexibility index (Phi) is 4.33. The maximum atomic E-state index is 12.2. The van der Waals surface area contributed by atoms with Gasteiger partial charge in [0.05, 0.1) is 5.92 Å². The van der Waals surface area contributed by atoms with Crippen molar-refractivity contribution >= 4 is 21.9 Å². The van der Waals surface area contributed by atoms with E-state index in [1.807, 2.05) is 0 Å². The van der Waals surface area contributed by atoms with Crippen LogP contribution in [-0.4, -0.2) is 50.4 Å². The van der Waals surface area contributed by atoms with E-state index in [4.69, 9.17) is 9.52 Å². The molecule has 1 saturated heterocycles. The van der Waals surface area contributed by atoms with Crippen LogP contribution in [0, 0.1) is 5.92 Å². The minimum Gasteiger partial charge on any atom is -0.481 e. The third-order valence-electron chi connectivity index (χ3n) is 3.38. The Bertz CT molecular complexity index is 650. The van der Waals surface area contributed by atoms with Gasteiger partial charge in [-0.2, -0.15) is 0 Å². The molecule has 0 saturated carbocycles. The molecule has 1 amide bonds. The summed E-state index contributed by atoms with van der Waals surface area (Å²) in [4.78, 5) is 24.6. The van der Waals surface area contributed by atoms with Crippen LogP contribution in [-0.2, 0) is 14.8 Å². The molecule has 1 aliphatic heterocycles. The maximum absolute atomic E-state index is 12.2. The highest BCUT2D eigenvalue weighted by molar-refractivity contribution is 7.89. The summed E-state index contributed by atoms with van der Waals surface area (Å²) >= 11 is 0. The number of amides is 1. The molecule has 1 unspecified atom stereocenters. The van der Waals surface area contributed by atoms with Crippen LogP contribution in [0.15, 0.2) is 21.6 Å². The van der Waals surface area contributed by atoms with Crippen molar-refractivity contribution in [2.24, 2.45) is 5.92 Å². The molecule has 1 aromatic heterocycles. The Hall–Kier alpha value is -1.87. The fourth-order valence-electron chi connectivity index (χ4n) is 2.20. The number of rotatable bonds is 4. The van der Waals surface area contributed by atoms with Gasteiger partial charge in [0.2, 0.25) is 5.09 Å². The SMILES string of the molecule is CNS(=O)(=O)c1ccc(C(=O)N2CCCC(C(=O)O)C2)o1. The molecule has 1 aliphatic rings. The molecule has 0 aliphatic carbocycles. The lowest BCUT2D eigenvalue weighted by Gasteiger charge is -2.29. The van der Waals surface area contributed by atoms with E-state index < -0.39 is 27.8 Å². The first-order chi connectivity index (χ1) is 9.85. The second-order valence-corrected chi connectivity index (χ2v) is 6.57. The van der Waals surface area contributed by atoms with Gasteiger partial charge in [-0.15, -0.1) is 0 Å². The first-order valence-electron chi connectivity index (χ1n) is 6.40. The lowest BCUT2D eigenvalue weighted by molar-refractivity contribution is -0.143. The summed E-state index contributed by atoms with van der Waals surface area (Å²) in [6.07, 6.45) is 1.11. The third-order valence-corrected chi connectivity index (χ3v) is 4.67. The van der Waals surface area contributed by atoms with E-state index in [0.29, 0.717) is 19.4 Å². The molecule has 8 nitrogen and oxygen atoms in total. The van der Waals surface area contributed by atoms with E-state index in [0.717, 1.165) is 0 Å². The summed E-state index contributed by atoms with van der Waals surface area (Å²) in [6, 6.07) is 2.47. The lowest BCUT2D eigenvalue weighted by atomic mass is 9.98. The second-order valence-electron chi connectivity index (χ2n) is 4.75. The van der Waals surface area contributed by atoms with Gasteiger partial charge in [-0.1, -0.05) is 0 Å². The van der Waals surface area contributed by atoms with E-state index in [9.17, 15) is 18.0 Å². The number of carboxylic acid groups (broad SMARTS) is 1. The zero-order valence-electron chi connectivity index (χ0n) is 11.4. The van der Waals surface area contributed by atoms with Crippen molar-refractivity contribution in [2.45, 2.75) is 17.9 Å². The number of aliphatic carboxylic acids is 1. The van der Waals surface area contributed by atoms with Crippen LogP contribution in [0.3, 0.4) is 0 Å². The molecule has 0 aromatic carbocycles. The Balaban J connectivity index is 2.15. The number of hydrogen-bond donors (Lipinski definition) is 2. The van der Waals surface area contributed by atoms with Crippen LogP contribution in [0.1, 0.15) is 23.4 Å². The van der Waals surface area contributed by atoms with Crippen molar-refractivity contribution in [2.75, 3.05) is 20.1 Å². The van der Waals surface area contributed by atoms with Gasteiger partial charge in [0.15, 0.2) is 5.76 Å². The summed E-state index contributed by atoms with van der Waals surface area (Å²) in [6.45, 7) is 0.528. The zero-order chi connectivity index (χ0) is 15.6. The highest BCUT2D eigenvalue weighted by atomic mass is 32.2. The summed E-state index contributed by atoms with van der Waals surface area (Å²) in [7, 11) is -2.51. The highest BCUT2D eigenvalue weighted by Crippen LogP contribution is 2.21. The number of hydrogen-bond acceptors (Lipinski definition) is 5. The van der Waals surface area contributed by atoms with Gasteiger partial charge in [0.25, 0.3) is 15.9 Å². The number of likely N-dealkylation sites (tertiary alicyclic amines) is 1. The van der Waals surface area contributed by atoms with E-state index in [2.05, 4.69) is 4.72 Å². The smallest absolute Gasteiger partial charge is 0.308 e. The summed E-state index contributed by atoms with van der Waals surface area (Å²) in [5.41, 5.74) is 0. The monoisotopic (exact) mass is 316 g/mol. The zero-order valence-corrected chi connectivity index (χ0v) is 12.2. The molecule has 9 heteroatoms. The van der Waals surface area contributed by atoms with Crippen molar-refractivity contribution in [3.05, 3.63) is 17.9 Å². The number of nitrogens with one attached hydrogen (secondary N) is 1. The predicted molar refractivity (Wildman–Crippen MR) is 71.2 cm³/mol. The minimum atomic E-state index is -3.75. The number of piperidine rings is 1. The van der Waals surface area contributed by atoms with Gasteiger partial charge in [0.1, 0.15) is 0 Å². The van der Waals surface area contributed by atoms with E-state index >= 15 is 0 Å². The van der Waals surface area contributed by atoms with Crippen LogP contribution in [0.2, 0.25) is 0 Å². The largest absolute Gasteiger partial charge is 0.481 e. The molecule has 2 N–H and O–H groups in total. The number of carbonyl (C=O) groups is 2. The average Bonchev–Trinajstić information content (AvgIpc) is 2.97. The molecule has 0 bridgehead atoms. The molecule has 116 valence electrons. The minimum absolute atomic E-state index is 0.100. The first kappa shape index (κ1) is 15.5. The number of sulfonamides is 1. The topological polar surface area (TPSA) is 117 Å². The molecule has 2 rings (SSSR count). The Morgan fingerprint density at radius 1 is 1.43 bits per heavy atom. The van der Waals surface area contributed by atoms with Crippen molar-refractivity contribution in [1.82, 2.24) is 9.62 Å². The maximum Gasteiger partial charge on any atom is 0.308 e. The number of nitrogens with zero attached hydrogens (tertiary/aromatic N) is 1. The van der Waals surface area contributed by atoms with Crippen molar-refractivity contribution < 1.29 is 27.5 Å². The highest BCUT2D eigenvalue weighted by Gasteiger charge is 2.30. The van der Waals surface area contributed by atoms with Crippen LogP contribution >= 0.6 is 0 Å². The van der Waals surface area contributed by atoms with Crippen molar-refractivity contribution in [3.63, 3.8) is 0 Å². The van der Waals surface area contributed by atoms with Gasteiger partial charge in [-0.3, -0.25) is 9.59 Å². The lowest BCUT2D eigenvalue weighted by Crippen LogP contribution is -2.42. The summed E-state index contributed by atoms with van der Waals surface area (Å²) < 4.78 is 30.2. The molecule has 1 aromatic rings. The molecule has 0 spiro atoms. The average molecular weight is 316 g/mol. The molecule has 0 radical (unpaired) electrons. The molecule has 21 heavy (non-hydrogen) atoms. The van der Waals surface area contributed by atoms with Crippen molar-refractivity contribution in [1.29, 1.82) is 0 Å². The Morgan fingerprint density at radius 3 is 2.76 bits per heavy atom. The van der Waals surface area contributed by atoms with Crippen LogP contribution in [0.4, 0.5) is 0 Å². The molecular formula is C12H16N2O6S. The van der Waals surface area contributed by atoms with Gasteiger partial charge < -0.3 is 14.4 Å². The number of carbonyl (C=O) groups excluding carboxylic acids is 1. The Morgan fingerprint density at radius 2 is 2.14 bits per heavy atom. The fraction of sp³-hybridized carbons (Fsp3) is 0.500. The fourth-order valence-corrected chi connectivity index (χ4v) is 2.85. The van der Waals surface area contributed by atoms with E-state index in [1.54, 1.807) is 0 Å². The number of furan rings is 1. The van der Waals surface area contributed by atoms with E-state index in [1.165, 1.54) is 24.1 Å². The normalized spacial score (nSPS) is 19.5. The van der Waals surface area contributed by atoms with Crippen LogP contribution in [0.5, 0.6) is 0 Å². The van der Waals surface area contributed by atoms with Gasteiger partial charge in [-0.25, -0.2) is 13.1 Å². The van der Waals surface area contributed by atoms with Gasteiger partial charge in [-0.05, 0) is 32.0 Å². The molecule has 1 atom stereocenters. The number of carboxylic acids is 1. The van der Waals surface area contributed by atoms with Crippen LogP contribution < -0.4 is 4.72 Å². The molecular weight excluding hydrogens is 300 g/mol. The summed E-state index contributed by atoms with van der Waals surface area (Å²) in [5.74, 6) is -2.16. The van der Waals surface area contributed by atoms with E-state index in [-0.39, 0.29) is 17.4 Å². The summed E-state index contributed by atoms with van der Waals surface area (Å²) in [5, 5.41) is 8.66. The standard InChI is InChI=1S/C12H16N2O6S/c1-13-21(18,19)10-5-4-9(20-10)11(15)14-6-2-3-8(7-14)12(16)17/h4-5,8,13H,2-3,6-7H2,1H3,(H,16,17). The van der Waals surface area contributed by atoms with Crippen molar-refractivity contribution in [3.8, 4) is 0 Å².